The summed E-state index contributed by atoms with van der Waals surface area (Å²) in [4.78, 5) is 2.19. The molecule has 0 unspecified atom stereocenters. The summed E-state index contributed by atoms with van der Waals surface area (Å²) in [6.45, 7) is 7.98. The minimum absolute atomic E-state index is 0.293. The van der Waals surface area contributed by atoms with Crippen molar-refractivity contribution in [3.63, 3.8) is 0 Å². The van der Waals surface area contributed by atoms with Crippen molar-refractivity contribution in [3.05, 3.63) is 35.8 Å². The fourth-order valence-corrected chi connectivity index (χ4v) is 2.85. The van der Waals surface area contributed by atoms with E-state index in [0.29, 0.717) is 25.7 Å². The van der Waals surface area contributed by atoms with Gasteiger partial charge in [0.1, 0.15) is 24.0 Å². The van der Waals surface area contributed by atoms with Crippen LogP contribution in [-0.2, 0) is 24.4 Å². The van der Waals surface area contributed by atoms with Crippen LogP contribution < -0.4 is 0 Å². The van der Waals surface area contributed by atoms with E-state index in [1.165, 1.54) is 0 Å². The van der Waals surface area contributed by atoms with E-state index < -0.39 is 6.10 Å². The van der Waals surface area contributed by atoms with Crippen LogP contribution >= 0.6 is 0 Å². The van der Waals surface area contributed by atoms with Crippen molar-refractivity contribution in [2.75, 3.05) is 19.7 Å². The second-order valence-corrected chi connectivity index (χ2v) is 6.26. The fourth-order valence-electron chi connectivity index (χ4n) is 2.85. The van der Waals surface area contributed by atoms with Crippen LogP contribution in [-0.4, -0.2) is 50.6 Å². The molecule has 1 N–H and O–H groups in total. The van der Waals surface area contributed by atoms with Crippen LogP contribution in [0.4, 0.5) is 0 Å². The molecule has 23 heavy (non-hydrogen) atoms. The summed E-state index contributed by atoms with van der Waals surface area (Å²) >= 11 is 0. The minimum atomic E-state index is -0.524. The van der Waals surface area contributed by atoms with Crippen molar-refractivity contribution in [2.24, 2.45) is 0 Å². The highest BCUT2D eigenvalue weighted by molar-refractivity contribution is 5.02. The van der Waals surface area contributed by atoms with Gasteiger partial charge in [-0.05, 0) is 12.1 Å². The topological polar surface area (TPSA) is 76.6 Å². The molecule has 0 radical (unpaired) electrons. The molecule has 7 nitrogen and oxygen atoms in total. The number of furan rings is 1. The third-order valence-corrected chi connectivity index (χ3v) is 3.98. The molecule has 1 aliphatic heterocycles. The highest BCUT2D eigenvalue weighted by Gasteiger charge is 2.23. The van der Waals surface area contributed by atoms with Crippen molar-refractivity contribution in [1.29, 1.82) is 0 Å². The number of hydrogen-bond donors (Lipinski definition) is 1. The Kier molecular flexibility index (Phi) is 5.09. The van der Waals surface area contributed by atoms with Crippen LogP contribution in [0.3, 0.4) is 0 Å². The molecule has 7 heteroatoms. The largest absolute Gasteiger partial charge is 0.467 e. The highest BCUT2D eigenvalue weighted by Crippen LogP contribution is 2.18. The van der Waals surface area contributed by atoms with Gasteiger partial charge in [0.2, 0.25) is 0 Å². The van der Waals surface area contributed by atoms with Crippen LogP contribution in [0.25, 0.3) is 0 Å². The van der Waals surface area contributed by atoms with Crippen molar-refractivity contribution in [1.82, 2.24) is 19.7 Å². The third kappa shape index (κ3) is 3.99. The molecule has 1 aliphatic rings. The lowest BCUT2D eigenvalue weighted by molar-refractivity contribution is 0.000898. The zero-order chi connectivity index (χ0) is 16.2. The average molecular weight is 320 g/mol. The summed E-state index contributed by atoms with van der Waals surface area (Å²) in [5.41, 5.74) is 0. The second-order valence-electron chi connectivity index (χ2n) is 6.26. The van der Waals surface area contributed by atoms with Crippen molar-refractivity contribution in [2.45, 2.75) is 45.6 Å². The minimum Gasteiger partial charge on any atom is -0.467 e. The number of β-amino-alcohol motifs (C(OH)–C–C–N with tert-alkyl or cyclic N) is 1. The van der Waals surface area contributed by atoms with Gasteiger partial charge in [-0.25, -0.2) is 0 Å². The van der Waals surface area contributed by atoms with Gasteiger partial charge in [-0.2, -0.15) is 0 Å². The number of nitrogens with zero attached hydrogens (tertiary/aromatic N) is 4. The standard InChI is InChI=1S/C16H24N4O3/c1-12(2)16-18-17-15-9-19(5-6-20(15)16)8-13(21)10-22-11-14-4-3-7-23-14/h3-4,7,12-13,21H,5-6,8-11H2,1-2H3/t13-/m0/s1. The Balaban J connectivity index is 1.45. The summed E-state index contributed by atoms with van der Waals surface area (Å²) in [5.74, 6) is 3.17. The smallest absolute Gasteiger partial charge is 0.147 e. The molecule has 0 amide bonds. The third-order valence-electron chi connectivity index (χ3n) is 3.98. The normalized spacial score (nSPS) is 16.7. The summed E-state index contributed by atoms with van der Waals surface area (Å²) in [6.07, 6.45) is 1.09. The van der Waals surface area contributed by atoms with Gasteiger partial charge in [-0.15, -0.1) is 10.2 Å². The van der Waals surface area contributed by atoms with E-state index in [1.54, 1.807) is 6.26 Å². The average Bonchev–Trinajstić information content (AvgIpc) is 3.15. The predicted octanol–water partition coefficient (Wildman–Crippen LogP) is 1.39. The van der Waals surface area contributed by atoms with E-state index in [2.05, 4.69) is 33.5 Å². The first-order chi connectivity index (χ1) is 11.1. The molecule has 3 heterocycles. The predicted molar refractivity (Wildman–Crippen MR) is 83.8 cm³/mol. The Hall–Kier alpha value is -1.70. The lowest BCUT2D eigenvalue weighted by atomic mass is 10.2. The van der Waals surface area contributed by atoms with E-state index >= 15 is 0 Å². The zero-order valence-electron chi connectivity index (χ0n) is 13.7. The molecule has 0 aliphatic carbocycles. The lowest BCUT2D eigenvalue weighted by Crippen LogP contribution is -2.40. The van der Waals surface area contributed by atoms with Gasteiger partial charge in [0.05, 0.1) is 25.5 Å². The summed E-state index contributed by atoms with van der Waals surface area (Å²) in [6, 6.07) is 3.68. The number of aliphatic hydroxyl groups excluding tert-OH is 1. The zero-order valence-corrected chi connectivity index (χ0v) is 13.7. The molecule has 126 valence electrons. The number of fused-ring (bicyclic) bond motifs is 1. The number of ether oxygens (including phenoxy) is 1. The molecule has 0 fully saturated rings. The van der Waals surface area contributed by atoms with Crippen LogP contribution in [0.5, 0.6) is 0 Å². The Morgan fingerprint density at radius 1 is 1.35 bits per heavy atom. The van der Waals surface area contributed by atoms with E-state index in [9.17, 15) is 5.11 Å². The van der Waals surface area contributed by atoms with E-state index in [4.69, 9.17) is 9.15 Å². The first-order valence-corrected chi connectivity index (χ1v) is 8.06. The maximum Gasteiger partial charge on any atom is 0.147 e. The maximum atomic E-state index is 10.1. The van der Waals surface area contributed by atoms with Gasteiger partial charge in [-0.3, -0.25) is 4.90 Å². The van der Waals surface area contributed by atoms with Crippen molar-refractivity contribution >= 4 is 0 Å². The SMILES string of the molecule is CC(C)c1nnc2n1CCN(C[C@H](O)COCc1ccco1)C2. The first-order valence-electron chi connectivity index (χ1n) is 8.06. The van der Waals surface area contributed by atoms with Crippen LogP contribution in [0.1, 0.15) is 37.2 Å². The molecule has 1 atom stereocenters. The van der Waals surface area contributed by atoms with Crippen molar-refractivity contribution < 1.29 is 14.3 Å². The second kappa shape index (κ2) is 7.25. The number of hydrogen-bond acceptors (Lipinski definition) is 6. The molecule has 2 aromatic rings. The van der Waals surface area contributed by atoms with Crippen LogP contribution in [0.2, 0.25) is 0 Å². The monoisotopic (exact) mass is 320 g/mol. The Bertz CT molecular complexity index is 609. The summed E-state index contributed by atoms with van der Waals surface area (Å²) < 4.78 is 12.9. The molecule has 2 aromatic heterocycles. The van der Waals surface area contributed by atoms with E-state index in [0.717, 1.165) is 37.0 Å². The number of rotatable bonds is 7. The Morgan fingerprint density at radius 3 is 2.96 bits per heavy atom. The molecule has 0 bridgehead atoms. The van der Waals surface area contributed by atoms with Gasteiger partial charge in [-0.1, -0.05) is 13.8 Å². The fraction of sp³-hybridized carbons (Fsp3) is 0.625. The van der Waals surface area contributed by atoms with Gasteiger partial charge in [0, 0.05) is 25.6 Å². The Morgan fingerprint density at radius 2 is 2.22 bits per heavy atom. The van der Waals surface area contributed by atoms with E-state index in [1.807, 2.05) is 12.1 Å². The van der Waals surface area contributed by atoms with Gasteiger partial charge in [0.25, 0.3) is 0 Å². The molecular weight excluding hydrogens is 296 g/mol. The van der Waals surface area contributed by atoms with Gasteiger partial charge in [0.15, 0.2) is 0 Å². The molecule has 0 saturated heterocycles. The highest BCUT2D eigenvalue weighted by atomic mass is 16.5. The molecule has 0 spiro atoms. The first kappa shape index (κ1) is 16.2. The molecule has 3 rings (SSSR count). The molecule has 0 saturated carbocycles. The van der Waals surface area contributed by atoms with Gasteiger partial charge < -0.3 is 18.8 Å². The van der Waals surface area contributed by atoms with Crippen molar-refractivity contribution in [3.8, 4) is 0 Å². The number of aliphatic hydroxyl groups is 1. The molecular formula is C16H24N4O3. The number of aromatic nitrogens is 3. The maximum absolute atomic E-state index is 10.1. The Labute approximate surface area is 135 Å². The lowest BCUT2D eigenvalue weighted by Gasteiger charge is -2.29. The van der Waals surface area contributed by atoms with Gasteiger partial charge >= 0.3 is 0 Å². The van der Waals surface area contributed by atoms with E-state index in [-0.39, 0.29) is 0 Å². The van der Waals surface area contributed by atoms with Crippen LogP contribution in [0.15, 0.2) is 22.8 Å². The molecule has 0 aromatic carbocycles. The summed E-state index contributed by atoms with van der Waals surface area (Å²) in [5, 5.41) is 18.7. The quantitative estimate of drug-likeness (QED) is 0.831. The summed E-state index contributed by atoms with van der Waals surface area (Å²) in [7, 11) is 0. The van der Waals surface area contributed by atoms with Crippen LogP contribution in [0, 0.1) is 0 Å².